The van der Waals surface area contributed by atoms with Crippen molar-refractivity contribution >= 4 is 34.0 Å². The first-order chi connectivity index (χ1) is 15.0. The Labute approximate surface area is 192 Å². The predicted molar refractivity (Wildman–Crippen MR) is 126 cm³/mol. The number of carbonyl (C=O) groups is 2. The largest absolute Gasteiger partial charge is 0.497 e. The van der Waals surface area contributed by atoms with Crippen molar-refractivity contribution in [1.82, 2.24) is 5.43 Å². The number of rotatable bonds is 12. The van der Waals surface area contributed by atoms with Crippen molar-refractivity contribution in [3.05, 3.63) is 58.1 Å². The molecule has 2 aromatic rings. The average molecular weight is 489 g/mol. The number of halogens is 1. The fraction of sp³-hybridized carbons (Fsp3) is 0.375. The molecule has 0 bridgehead atoms. The molecule has 1 N–H and O–H groups in total. The molecule has 0 saturated carbocycles. The molecule has 7 heteroatoms. The predicted octanol–water partition coefficient (Wildman–Crippen LogP) is 5.88. The molecule has 0 fully saturated rings. The summed E-state index contributed by atoms with van der Waals surface area (Å²) in [6, 6.07) is 11.9. The minimum atomic E-state index is -0.494. The van der Waals surface area contributed by atoms with E-state index in [4.69, 9.17) is 9.47 Å². The molecule has 2 rings (SSSR count). The van der Waals surface area contributed by atoms with Gasteiger partial charge in [-0.2, -0.15) is 5.10 Å². The first-order valence-electron chi connectivity index (χ1n) is 10.5. The van der Waals surface area contributed by atoms with Gasteiger partial charge < -0.3 is 9.47 Å². The van der Waals surface area contributed by atoms with Crippen LogP contribution < -0.4 is 14.9 Å². The van der Waals surface area contributed by atoms with Gasteiger partial charge in [0.15, 0.2) is 0 Å². The number of benzene rings is 2. The second-order valence-corrected chi connectivity index (χ2v) is 8.03. The first-order valence-corrected chi connectivity index (χ1v) is 11.3. The fourth-order valence-corrected chi connectivity index (χ4v) is 3.27. The van der Waals surface area contributed by atoms with Crippen LogP contribution in [0.3, 0.4) is 0 Å². The molecule has 0 aliphatic heterocycles. The Morgan fingerprint density at radius 3 is 2.45 bits per heavy atom. The van der Waals surface area contributed by atoms with Crippen LogP contribution in [0.25, 0.3) is 0 Å². The van der Waals surface area contributed by atoms with E-state index in [1.54, 1.807) is 49.6 Å². The van der Waals surface area contributed by atoms with Crippen molar-refractivity contribution in [3.8, 4) is 11.5 Å². The molecule has 0 aromatic heterocycles. The Morgan fingerprint density at radius 2 is 1.74 bits per heavy atom. The molecule has 0 radical (unpaired) electrons. The number of methoxy groups -OCH3 is 1. The van der Waals surface area contributed by atoms with Crippen LogP contribution in [0.4, 0.5) is 0 Å². The number of nitrogens with one attached hydrogen (secondary N) is 1. The lowest BCUT2D eigenvalue weighted by Crippen LogP contribution is -2.17. The van der Waals surface area contributed by atoms with Crippen LogP contribution >= 0.6 is 15.9 Å². The van der Waals surface area contributed by atoms with E-state index < -0.39 is 5.97 Å². The Bertz CT molecular complexity index is 882. The molecule has 0 heterocycles. The van der Waals surface area contributed by atoms with Crippen molar-refractivity contribution in [3.63, 3.8) is 0 Å². The van der Waals surface area contributed by atoms with Gasteiger partial charge in [-0.1, -0.05) is 55.0 Å². The van der Waals surface area contributed by atoms with Crippen LogP contribution in [-0.2, 0) is 4.79 Å². The molecule has 0 aliphatic rings. The van der Waals surface area contributed by atoms with Gasteiger partial charge in [0.05, 0.1) is 18.9 Å². The highest BCUT2D eigenvalue weighted by molar-refractivity contribution is 9.10. The normalized spacial score (nSPS) is 10.8. The maximum atomic E-state index is 12.5. The molecule has 2 aromatic carbocycles. The lowest BCUT2D eigenvalue weighted by molar-refractivity contribution is -0.121. The van der Waals surface area contributed by atoms with E-state index in [9.17, 15) is 9.59 Å². The van der Waals surface area contributed by atoms with Gasteiger partial charge in [0.25, 0.3) is 0 Å². The van der Waals surface area contributed by atoms with Crippen LogP contribution in [0.15, 0.2) is 52.0 Å². The monoisotopic (exact) mass is 488 g/mol. The third kappa shape index (κ3) is 8.92. The molecule has 31 heavy (non-hydrogen) atoms. The van der Waals surface area contributed by atoms with Gasteiger partial charge in [-0.25, -0.2) is 10.2 Å². The van der Waals surface area contributed by atoms with Crippen LogP contribution in [-0.4, -0.2) is 25.2 Å². The Kier molecular flexibility index (Phi) is 10.8. The van der Waals surface area contributed by atoms with Gasteiger partial charge in [-0.05, 0) is 48.9 Å². The number of hydrogen-bond acceptors (Lipinski definition) is 5. The fourth-order valence-electron chi connectivity index (χ4n) is 2.89. The van der Waals surface area contributed by atoms with Crippen molar-refractivity contribution in [1.29, 1.82) is 0 Å². The molecule has 166 valence electrons. The van der Waals surface area contributed by atoms with Crippen LogP contribution in [0.5, 0.6) is 11.5 Å². The maximum Gasteiger partial charge on any atom is 0.343 e. The molecule has 0 saturated heterocycles. The van der Waals surface area contributed by atoms with Gasteiger partial charge in [0.2, 0.25) is 5.91 Å². The SMILES string of the molecule is CCCCCCCCC(=O)N/N=C\c1cc(Br)ccc1OC(=O)c1ccc(OC)cc1. The summed E-state index contributed by atoms with van der Waals surface area (Å²) in [5.41, 5.74) is 3.51. The van der Waals surface area contributed by atoms with E-state index in [0.29, 0.717) is 29.0 Å². The number of hydrogen-bond donors (Lipinski definition) is 1. The average Bonchev–Trinajstić information content (AvgIpc) is 2.78. The number of esters is 1. The molecule has 0 atom stereocenters. The third-order valence-corrected chi connectivity index (χ3v) is 5.14. The number of hydrazone groups is 1. The summed E-state index contributed by atoms with van der Waals surface area (Å²) in [5.74, 6) is 0.382. The Morgan fingerprint density at radius 1 is 1.03 bits per heavy atom. The standard InChI is InChI=1S/C24H29BrN2O4/c1-3-4-5-6-7-8-9-23(28)27-26-17-19-16-20(25)12-15-22(19)31-24(29)18-10-13-21(30-2)14-11-18/h10-17H,3-9H2,1-2H3,(H,27,28)/b26-17-. The first kappa shape index (κ1) is 24.6. The van der Waals surface area contributed by atoms with Gasteiger partial charge in [-0.3, -0.25) is 4.79 Å². The van der Waals surface area contributed by atoms with E-state index in [1.165, 1.54) is 25.5 Å². The smallest absolute Gasteiger partial charge is 0.343 e. The van der Waals surface area contributed by atoms with Gasteiger partial charge in [0, 0.05) is 16.5 Å². The van der Waals surface area contributed by atoms with E-state index >= 15 is 0 Å². The van der Waals surface area contributed by atoms with Crippen molar-refractivity contribution in [2.45, 2.75) is 51.9 Å². The lowest BCUT2D eigenvalue weighted by Gasteiger charge is -2.08. The third-order valence-electron chi connectivity index (χ3n) is 4.65. The number of ether oxygens (including phenoxy) is 2. The van der Waals surface area contributed by atoms with Crippen molar-refractivity contribution in [2.24, 2.45) is 5.10 Å². The van der Waals surface area contributed by atoms with Crippen molar-refractivity contribution in [2.75, 3.05) is 7.11 Å². The van der Waals surface area contributed by atoms with Crippen LogP contribution in [0.1, 0.15) is 67.8 Å². The van der Waals surface area contributed by atoms with Gasteiger partial charge >= 0.3 is 5.97 Å². The highest BCUT2D eigenvalue weighted by Crippen LogP contribution is 2.23. The number of amides is 1. The summed E-state index contributed by atoms with van der Waals surface area (Å²) in [6.07, 6.45) is 8.65. The minimum absolute atomic E-state index is 0.126. The molecular weight excluding hydrogens is 460 g/mol. The second kappa shape index (κ2) is 13.6. The Hall–Kier alpha value is -2.67. The van der Waals surface area contributed by atoms with Crippen LogP contribution in [0.2, 0.25) is 0 Å². The molecule has 0 aliphatic carbocycles. The molecule has 6 nitrogen and oxygen atoms in total. The van der Waals surface area contributed by atoms with E-state index in [1.807, 2.05) is 0 Å². The molecule has 0 spiro atoms. The highest BCUT2D eigenvalue weighted by atomic mass is 79.9. The summed E-state index contributed by atoms with van der Waals surface area (Å²) < 4.78 is 11.4. The zero-order chi connectivity index (χ0) is 22.5. The number of carbonyl (C=O) groups excluding carboxylic acids is 2. The summed E-state index contributed by atoms with van der Waals surface area (Å²) in [5, 5.41) is 4.02. The van der Waals surface area contributed by atoms with Gasteiger partial charge in [0.1, 0.15) is 11.5 Å². The lowest BCUT2D eigenvalue weighted by atomic mass is 10.1. The van der Waals surface area contributed by atoms with E-state index in [-0.39, 0.29) is 5.91 Å². The summed E-state index contributed by atoms with van der Waals surface area (Å²) in [7, 11) is 1.56. The number of unbranched alkanes of at least 4 members (excludes halogenated alkanes) is 5. The Balaban J connectivity index is 1.91. The van der Waals surface area contributed by atoms with E-state index in [0.717, 1.165) is 23.7 Å². The highest BCUT2D eigenvalue weighted by Gasteiger charge is 2.12. The molecule has 1 amide bonds. The topological polar surface area (TPSA) is 77.0 Å². The molecular formula is C24H29BrN2O4. The van der Waals surface area contributed by atoms with Crippen molar-refractivity contribution < 1.29 is 19.1 Å². The summed E-state index contributed by atoms with van der Waals surface area (Å²) in [6.45, 7) is 2.18. The van der Waals surface area contributed by atoms with Gasteiger partial charge in [-0.15, -0.1) is 0 Å². The number of nitrogens with zero attached hydrogens (tertiary/aromatic N) is 1. The van der Waals surface area contributed by atoms with E-state index in [2.05, 4.69) is 33.4 Å². The second-order valence-electron chi connectivity index (χ2n) is 7.11. The zero-order valence-corrected chi connectivity index (χ0v) is 19.6. The van der Waals surface area contributed by atoms with Crippen LogP contribution in [0, 0.1) is 0 Å². The zero-order valence-electron chi connectivity index (χ0n) is 18.0. The molecule has 0 unspecified atom stereocenters. The maximum absolute atomic E-state index is 12.5. The quantitative estimate of drug-likeness (QED) is 0.133. The minimum Gasteiger partial charge on any atom is -0.497 e. The summed E-state index contributed by atoms with van der Waals surface area (Å²) >= 11 is 3.40. The summed E-state index contributed by atoms with van der Waals surface area (Å²) in [4.78, 5) is 24.4.